The zero-order valence-electron chi connectivity index (χ0n) is 7.61. The molecule has 0 unspecified atom stereocenters. The van der Waals surface area contributed by atoms with Crippen molar-refractivity contribution in [2.75, 3.05) is 0 Å². The van der Waals surface area contributed by atoms with Gasteiger partial charge in [-0.15, -0.1) is 0 Å². The van der Waals surface area contributed by atoms with Crippen LogP contribution in [0.15, 0.2) is 0 Å². The fourth-order valence-electron chi connectivity index (χ4n) is 1.03. The molecule has 0 saturated carbocycles. The number of hydrogen-bond donors (Lipinski definition) is 0. The van der Waals surface area contributed by atoms with Crippen LogP contribution in [0.5, 0.6) is 0 Å². The summed E-state index contributed by atoms with van der Waals surface area (Å²) in [5.41, 5.74) is 0. The van der Waals surface area contributed by atoms with E-state index in [2.05, 4.69) is 18.8 Å². The molecule has 58 valence electrons. The fraction of sp³-hybridized carbons (Fsp3) is 1.00. The third-order valence-corrected chi connectivity index (χ3v) is 4.14. The van der Waals surface area contributed by atoms with Crippen LogP contribution in [0, 0.1) is 5.92 Å². The Labute approximate surface area is 76.0 Å². The quantitative estimate of drug-likeness (QED) is 0.498. The molecule has 0 amide bonds. The van der Waals surface area contributed by atoms with E-state index in [1.165, 1.54) is 25.7 Å². The van der Waals surface area contributed by atoms with Gasteiger partial charge in [0.25, 0.3) is 0 Å². The van der Waals surface area contributed by atoms with E-state index in [9.17, 15) is 0 Å². The van der Waals surface area contributed by atoms with Crippen LogP contribution >= 0.6 is 0 Å². The Balaban J connectivity index is 2.77. The summed E-state index contributed by atoms with van der Waals surface area (Å²) in [6, 6.07) is 0. The molecule has 0 saturated heterocycles. The predicted molar refractivity (Wildman–Crippen MR) is 49.7 cm³/mol. The van der Waals surface area contributed by atoms with Crippen molar-refractivity contribution in [3.63, 3.8) is 0 Å². The Hall–Kier alpha value is 0.799. The van der Waals surface area contributed by atoms with E-state index in [0.29, 0.717) is 0 Å². The van der Waals surface area contributed by atoms with E-state index in [1.807, 2.05) is 0 Å². The van der Waals surface area contributed by atoms with Crippen molar-refractivity contribution in [2.24, 2.45) is 5.92 Å². The molecule has 0 aliphatic rings. The van der Waals surface area contributed by atoms with Gasteiger partial charge in [-0.2, -0.15) is 0 Å². The van der Waals surface area contributed by atoms with Crippen molar-refractivity contribution in [1.29, 1.82) is 0 Å². The molecular formula is C9H20Sn+2. The molecule has 0 aromatic rings. The van der Waals surface area contributed by atoms with Crippen molar-refractivity contribution in [3.8, 4) is 0 Å². The zero-order chi connectivity index (χ0) is 7.82. The molecule has 10 heavy (non-hydrogen) atoms. The second kappa shape index (κ2) is 7.90. The van der Waals surface area contributed by atoms with Gasteiger partial charge in [0.15, 0.2) is 0 Å². The van der Waals surface area contributed by atoms with Gasteiger partial charge in [-0.1, -0.05) is 0 Å². The predicted octanol–water partition coefficient (Wildman–Crippen LogP) is 3.37. The van der Waals surface area contributed by atoms with Crippen molar-refractivity contribution >= 4 is 21.1 Å². The Morgan fingerprint density at radius 3 is 2.30 bits per heavy atom. The Kier molecular flexibility index (Phi) is 8.53. The van der Waals surface area contributed by atoms with Crippen LogP contribution in [-0.4, -0.2) is 21.1 Å². The Morgan fingerprint density at radius 2 is 1.80 bits per heavy atom. The molecule has 0 radical (unpaired) electrons. The van der Waals surface area contributed by atoms with E-state index in [1.54, 1.807) is 4.44 Å². The Bertz CT molecular complexity index is 59.7. The van der Waals surface area contributed by atoms with Crippen LogP contribution in [0.3, 0.4) is 0 Å². The number of hydrogen-bond acceptors (Lipinski definition) is 0. The van der Waals surface area contributed by atoms with Crippen molar-refractivity contribution in [1.82, 2.24) is 0 Å². The van der Waals surface area contributed by atoms with Crippen molar-refractivity contribution in [3.05, 3.63) is 0 Å². The van der Waals surface area contributed by atoms with Crippen LogP contribution in [-0.2, 0) is 0 Å². The van der Waals surface area contributed by atoms with Gasteiger partial charge >= 0.3 is 76.0 Å². The summed E-state index contributed by atoms with van der Waals surface area (Å²) in [4.78, 5) is 2.44. The molecule has 0 aromatic carbocycles. The molecule has 0 heterocycles. The summed E-state index contributed by atoms with van der Waals surface area (Å²) in [5.74, 6) is 0.918. The van der Waals surface area contributed by atoms with Crippen molar-refractivity contribution < 1.29 is 0 Å². The molecule has 0 aromatic heterocycles. The molecule has 0 spiro atoms. The average molecular weight is 247 g/mol. The number of unbranched alkanes of at least 4 members (excludes halogenated alkanes) is 2. The van der Waals surface area contributed by atoms with Crippen LogP contribution in [0.4, 0.5) is 0 Å². The summed E-state index contributed by atoms with van der Waals surface area (Å²) in [6.07, 6.45) is 5.92. The minimum atomic E-state index is 0.144. The molecule has 0 rings (SSSR count). The van der Waals surface area contributed by atoms with Gasteiger partial charge in [0.1, 0.15) is 0 Å². The monoisotopic (exact) mass is 248 g/mol. The maximum atomic E-state index is 2.44. The normalized spacial score (nSPS) is 10.0. The molecule has 0 aliphatic carbocycles. The molecule has 0 atom stereocenters. The van der Waals surface area contributed by atoms with E-state index >= 15 is 0 Å². The van der Waals surface area contributed by atoms with Crippen LogP contribution in [0.2, 0.25) is 9.38 Å². The van der Waals surface area contributed by atoms with E-state index in [0.717, 1.165) is 5.92 Å². The van der Waals surface area contributed by atoms with Gasteiger partial charge in [-0.3, -0.25) is 0 Å². The van der Waals surface area contributed by atoms with E-state index in [-0.39, 0.29) is 21.1 Å². The SMILES string of the molecule is [CH3][Sn+2][CH2]CCCCC(C)C. The summed E-state index contributed by atoms with van der Waals surface area (Å²) in [7, 11) is 0. The van der Waals surface area contributed by atoms with E-state index in [4.69, 9.17) is 0 Å². The second-order valence-corrected chi connectivity index (χ2v) is 6.79. The third-order valence-electron chi connectivity index (χ3n) is 1.71. The van der Waals surface area contributed by atoms with Crippen molar-refractivity contribution in [2.45, 2.75) is 48.9 Å². The molecule has 0 nitrogen and oxygen atoms in total. The summed E-state index contributed by atoms with van der Waals surface area (Å²) < 4.78 is 1.60. The summed E-state index contributed by atoms with van der Waals surface area (Å²) >= 11 is 0.144. The summed E-state index contributed by atoms with van der Waals surface area (Å²) in [6.45, 7) is 4.63. The molecule has 0 bridgehead atoms. The van der Waals surface area contributed by atoms with Crippen LogP contribution in [0.25, 0.3) is 0 Å². The number of rotatable bonds is 6. The first-order valence-corrected chi connectivity index (χ1v) is 9.29. The average Bonchev–Trinajstić information content (AvgIpc) is 1.87. The molecule has 0 N–H and O–H groups in total. The van der Waals surface area contributed by atoms with Gasteiger partial charge < -0.3 is 0 Å². The van der Waals surface area contributed by atoms with Gasteiger partial charge in [0.05, 0.1) is 0 Å². The second-order valence-electron chi connectivity index (χ2n) is 3.35. The van der Waals surface area contributed by atoms with Gasteiger partial charge in [-0.05, 0) is 0 Å². The van der Waals surface area contributed by atoms with Crippen LogP contribution in [0.1, 0.15) is 39.5 Å². The van der Waals surface area contributed by atoms with Gasteiger partial charge in [0.2, 0.25) is 0 Å². The molecule has 0 aliphatic heterocycles. The van der Waals surface area contributed by atoms with Gasteiger partial charge in [-0.25, -0.2) is 0 Å². The first-order chi connectivity index (χ1) is 4.77. The first kappa shape index (κ1) is 10.8. The standard InChI is InChI=1S/C8H17.CH3.Sn/c1-4-5-6-7-8(2)3;;/h8H,1,4-7H2,2-3H3;1H3;/q;;+2. The molecule has 1 heteroatoms. The topological polar surface area (TPSA) is 0 Å². The summed E-state index contributed by atoms with van der Waals surface area (Å²) in [5, 5.41) is 0. The van der Waals surface area contributed by atoms with Gasteiger partial charge in [0, 0.05) is 0 Å². The third kappa shape index (κ3) is 8.80. The molecule has 0 fully saturated rings. The first-order valence-electron chi connectivity index (χ1n) is 4.42. The van der Waals surface area contributed by atoms with Crippen LogP contribution < -0.4 is 0 Å². The Morgan fingerprint density at radius 1 is 1.10 bits per heavy atom. The minimum absolute atomic E-state index is 0.144. The zero-order valence-corrected chi connectivity index (χ0v) is 10.5. The van der Waals surface area contributed by atoms with E-state index < -0.39 is 0 Å². The fourth-order valence-corrected chi connectivity index (χ4v) is 2.75. The molecular weight excluding hydrogens is 227 g/mol. The maximum absolute atomic E-state index is 2.44.